The molecule has 0 heterocycles. The Kier molecular flexibility index (Phi) is 2.96. The molecule has 1 aromatic carbocycles. The van der Waals surface area contributed by atoms with E-state index >= 15 is 0 Å². The van der Waals surface area contributed by atoms with Gasteiger partial charge in [-0.25, -0.2) is 0 Å². The van der Waals surface area contributed by atoms with Crippen molar-refractivity contribution in [2.45, 2.75) is 0 Å². The van der Waals surface area contributed by atoms with Crippen molar-refractivity contribution in [1.82, 2.24) is 0 Å². The smallest absolute Gasteiger partial charge is 0.0389 e. The minimum absolute atomic E-state index is 0.300. The lowest BCUT2D eigenvalue weighted by Gasteiger charge is -1.92. The van der Waals surface area contributed by atoms with E-state index in [4.69, 9.17) is 0 Å². The Bertz CT molecular complexity index is 161. The molecule has 0 atom stereocenters. The highest BCUT2D eigenvalue weighted by Crippen LogP contribution is 1.79. The summed E-state index contributed by atoms with van der Waals surface area (Å²) < 4.78 is 0. The predicted octanol–water partition coefficient (Wildman–Crippen LogP) is -2.16. The van der Waals surface area contributed by atoms with Gasteiger partial charge >= 0.3 is 0 Å². The zero-order chi connectivity index (χ0) is 6.53. The van der Waals surface area contributed by atoms with Crippen LogP contribution >= 0.6 is 0 Å². The quantitative estimate of drug-likeness (QED) is 0.442. The van der Waals surface area contributed by atoms with Crippen LogP contribution in [0.4, 0.5) is 0 Å². The Labute approximate surface area is 63.3 Å². The molecule has 0 amide bonds. The summed E-state index contributed by atoms with van der Waals surface area (Å²) in [5.41, 5.74) is 0. The fourth-order valence-electron chi connectivity index (χ4n) is 0.933. The second kappa shape index (κ2) is 3.81. The molecular formula is C6H12Si3. The summed E-state index contributed by atoms with van der Waals surface area (Å²) in [5, 5.41) is 1.68. The fourth-order valence-corrected chi connectivity index (χ4v) is 10.0. The summed E-state index contributed by atoms with van der Waals surface area (Å²) in [6.07, 6.45) is 0. The van der Waals surface area contributed by atoms with Crippen LogP contribution in [0.25, 0.3) is 0 Å². The van der Waals surface area contributed by atoms with Gasteiger partial charge in [0.25, 0.3) is 0 Å². The van der Waals surface area contributed by atoms with Crippen molar-refractivity contribution in [3.8, 4) is 0 Å². The molecule has 0 saturated heterocycles. The van der Waals surface area contributed by atoms with Gasteiger partial charge in [-0.3, -0.25) is 0 Å². The second-order valence-corrected chi connectivity index (χ2v) is 18.1. The highest BCUT2D eigenvalue weighted by atomic mass is 29.5. The monoisotopic (exact) mass is 168 g/mol. The van der Waals surface area contributed by atoms with E-state index in [9.17, 15) is 0 Å². The van der Waals surface area contributed by atoms with Crippen molar-refractivity contribution in [2.24, 2.45) is 0 Å². The standard InChI is InChI=1S/C6H12Si3/c7-9-8-6-4-2-1-3-5-6/h1-5H,8-9H2,7H3. The average Bonchev–Trinajstić information content (AvgIpc) is 1.91. The molecule has 0 spiro atoms. The molecule has 0 bridgehead atoms. The van der Waals surface area contributed by atoms with Gasteiger partial charge in [0.2, 0.25) is 0 Å². The third-order valence-corrected chi connectivity index (χ3v) is 10.7. The molecule has 0 radical (unpaired) electrons. The Morgan fingerprint density at radius 1 is 1.11 bits per heavy atom. The zero-order valence-corrected chi connectivity index (χ0v) is 10.6. The van der Waals surface area contributed by atoms with Crippen molar-refractivity contribution in [2.75, 3.05) is 0 Å². The molecule has 0 saturated carbocycles. The first kappa shape index (κ1) is 6.98. The number of hydrogen-bond acceptors (Lipinski definition) is 0. The summed E-state index contributed by atoms with van der Waals surface area (Å²) in [4.78, 5) is 0. The van der Waals surface area contributed by atoms with E-state index in [0.29, 0.717) is 17.6 Å². The maximum absolute atomic E-state index is 2.29. The first-order valence-electron chi connectivity index (χ1n) is 3.47. The first-order chi connectivity index (χ1) is 4.43. The first-order valence-corrected chi connectivity index (χ1v) is 13.8. The van der Waals surface area contributed by atoms with Crippen LogP contribution in [0.5, 0.6) is 0 Å². The van der Waals surface area contributed by atoms with Gasteiger partial charge in [-0.2, -0.15) is 0 Å². The predicted molar refractivity (Wildman–Crippen MR) is 53.1 cm³/mol. The van der Waals surface area contributed by atoms with Crippen molar-refractivity contribution < 1.29 is 0 Å². The zero-order valence-electron chi connectivity index (χ0n) is 5.80. The van der Waals surface area contributed by atoms with E-state index < -0.39 is 0 Å². The number of hydrogen-bond donors (Lipinski definition) is 0. The second-order valence-electron chi connectivity index (χ2n) is 2.24. The molecule has 0 aliphatic heterocycles. The summed E-state index contributed by atoms with van der Waals surface area (Å²) in [6, 6.07) is 11.0. The summed E-state index contributed by atoms with van der Waals surface area (Å²) in [7, 11) is 2.32. The summed E-state index contributed by atoms with van der Waals surface area (Å²) in [6.45, 7) is 0. The molecule has 0 N–H and O–H groups in total. The third kappa shape index (κ3) is 2.30. The van der Waals surface area contributed by atoms with Gasteiger partial charge in [-0.05, 0) is 18.3 Å². The lowest BCUT2D eigenvalue weighted by molar-refractivity contribution is 1.77. The Morgan fingerprint density at radius 3 is 2.33 bits per heavy atom. The Morgan fingerprint density at radius 2 is 1.78 bits per heavy atom. The molecule has 9 heavy (non-hydrogen) atoms. The highest BCUT2D eigenvalue weighted by molar-refractivity contribution is 7.27. The maximum Gasteiger partial charge on any atom is 0.0389 e. The van der Waals surface area contributed by atoms with Crippen LogP contribution in [0.1, 0.15) is 0 Å². The van der Waals surface area contributed by atoms with Gasteiger partial charge in [0.15, 0.2) is 0 Å². The molecule has 0 unspecified atom stereocenters. The molecule has 3 heteroatoms. The van der Waals surface area contributed by atoms with Crippen LogP contribution in [-0.4, -0.2) is 27.4 Å². The number of benzene rings is 1. The Hall–Kier alpha value is -0.129. The largest absolute Gasteiger partial charge is 0.0704 e. The van der Waals surface area contributed by atoms with E-state index in [1.807, 2.05) is 0 Å². The molecule has 0 aliphatic rings. The average molecular weight is 168 g/mol. The third-order valence-electron chi connectivity index (χ3n) is 1.38. The van der Waals surface area contributed by atoms with E-state index in [1.165, 1.54) is 9.76 Å². The van der Waals surface area contributed by atoms with Gasteiger partial charge in [0.1, 0.15) is 0 Å². The topological polar surface area (TPSA) is 0 Å². The van der Waals surface area contributed by atoms with Crippen molar-refractivity contribution in [3.63, 3.8) is 0 Å². The van der Waals surface area contributed by atoms with E-state index in [0.717, 1.165) is 0 Å². The van der Waals surface area contributed by atoms with E-state index in [1.54, 1.807) is 5.19 Å². The normalized spacial score (nSPS) is 12.4. The van der Waals surface area contributed by atoms with Crippen LogP contribution < -0.4 is 5.19 Å². The molecular weight excluding hydrogens is 156 g/mol. The van der Waals surface area contributed by atoms with Crippen LogP contribution in [0, 0.1) is 0 Å². The highest BCUT2D eigenvalue weighted by Gasteiger charge is 1.86. The van der Waals surface area contributed by atoms with Gasteiger partial charge in [-0.1, -0.05) is 35.5 Å². The van der Waals surface area contributed by atoms with Crippen molar-refractivity contribution >= 4 is 32.5 Å². The molecule has 1 rings (SSSR count). The minimum Gasteiger partial charge on any atom is -0.0704 e. The van der Waals surface area contributed by atoms with Gasteiger partial charge in [0.05, 0.1) is 0 Å². The van der Waals surface area contributed by atoms with Crippen LogP contribution in [0.15, 0.2) is 30.3 Å². The van der Waals surface area contributed by atoms with Crippen molar-refractivity contribution in [3.05, 3.63) is 30.3 Å². The molecule has 0 aromatic heterocycles. The lowest BCUT2D eigenvalue weighted by atomic mass is 10.4. The SMILES string of the molecule is [SiH3][SiH2][SiH2]c1ccccc1. The molecule has 0 fully saturated rings. The molecule has 48 valence electrons. The van der Waals surface area contributed by atoms with Gasteiger partial charge < -0.3 is 0 Å². The molecule has 1 aromatic rings. The van der Waals surface area contributed by atoms with Crippen molar-refractivity contribution in [1.29, 1.82) is 0 Å². The van der Waals surface area contributed by atoms with Crippen LogP contribution in [-0.2, 0) is 0 Å². The van der Waals surface area contributed by atoms with Crippen LogP contribution in [0.3, 0.4) is 0 Å². The maximum atomic E-state index is 2.29. The summed E-state index contributed by atoms with van der Waals surface area (Å²) in [5.74, 6) is 0. The Balaban J connectivity index is 2.61. The van der Waals surface area contributed by atoms with E-state index in [2.05, 4.69) is 30.3 Å². The summed E-state index contributed by atoms with van der Waals surface area (Å²) >= 11 is 0. The molecule has 0 nitrogen and oxygen atoms in total. The van der Waals surface area contributed by atoms with Gasteiger partial charge in [0, 0.05) is 9.04 Å². The fraction of sp³-hybridized carbons (Fsp3) is 0. The van der Waals surface area contributed by atoms with Gasteiger partial charge in [-0.15, -0.1) is 0 Å². The minimum atomic E-state index is 0.300. The lowest BCUT2D eigenvalue weighted by Crippen LogP contribution is -2.19. The molecule has 0 aliphatic carbocycles. The van der Waals surface area contributed by atoms with Crippen LogP contribution in [0.2, 0.25) is 0 Å². The van der Waals surface area contributed by atoms with E-state index in [-0.39, 0.29) is 0 Å². The number of rotatable bonds is 2.